The second-order valence-corrected chi connectivity index (χ2v) is 4.49. The first-order valence-electron chi connectivity index (χ1n) is 6.23. The summed E-state index contributed by atoms with van der Waals surface area (Å²) >= 11 is 0. The quantitative estimate of drug-likeness (QED) is 0.466. The van der Waals surface area contributed by atoms with E-state index < -0.39 is 11.9 Å². The van der Waals surface area contributed by atoms with Crippen LogP contribution in [-0.2, 0) is 9.53 Å². The third-order valence-corrected chi connectivity index (χ3v) is 3.16. The van der Waals surface area contributed by atoms with Gasteiger partial charge in [-0.1, -0.05) is 6.92 Å². The van der Waals surface area contributed by atoms with Gasteiger partial charge in [-0.25, -0.2) is 0 Å². The number of methoxy groups -OCH3 is 2. The zero-order valence-electron chi connectivity index (χ0n) is 12.1. The van der Waals surface area contributed by atoms with Crippen molar-refractivity contribution >= 4 is 11.8 Å². The van der Waals surface area contributed by atoms with Gasteiger partial charge in [0.15, 0.2) is 5.78 Å². The SMILES string of the molecule is CCC(C(=O)OC)C(=O)c1cc(C)c(OC)c(C)c1. The lowest BCUT2D eigenvalue weighted by molar-refractivity contribution is -0.143. The average molecular weight is 264 g/mol. The van der Waals surface area contributed by atoms with Crippen molar-refractivity contribution in [3.63, 3.8) is 0 Å². The molecule has 0 saturated carbocycles. The van der Waals surface area contributed by atoms with Crippen LogP contribution in [0.15, 0.2) is 12.1 Å². The number of aryl methyl sites for hydroxylation is 2. The molecule has 0 aromatic heterocycles. The molecule has 1 aromatic rings. The lowest BCUT2D eigenvalue weighted by atomic mass is 9.93. The summed E-state index contributed by atoms with van der Waals surface area (Å²) in [4.78, 5) is 23.9. The van der Waals surface area contributed by atoms with Gasteiger partial charge in [0.1, 0.15) is 11.7 Å². The third kappa shape index (κ3) is 3.13. The zero-order chi connectivity index (χ0) is 14.6. The number of hydrogen-bond donors (Lipinski definition) is 0. The molecule has 19 heavy (non-hydrogen) atoms. The number of hydrogen-bond acceptors (Lipinski definition) is 4. The molecule has 1 rings (SSSR count). The van der Waals surface area contributed by atoms with E-state index in [1.54, 1.807) is 26.2 Å². The Morgan fingerprint density at radius 3 is 2.05 bits per heavy atom. The van der Waals surface area contributed by atoms with Gasteiger partial charge < -0.3 is 9.47 Å². The highest BCUT2D eigenvalue weighted by Crippen LogP contribution is 2.26. The summed E-state index contributed by atoms with van der Waals surface area (Å²) in [5, 5.41) is 0. The van der Waals surface area contributed by atoms with Crippen LogP contribution in [0.3, 0.4) is 0 Å². The molecule has 1 unspecified atom stereocenters. The molecule has 104 valence electrons. The molecule has 0 aliphatic heterocycles. The van der Waals surface area contributed by atoms with Crippen molar-refractivity contribution in [2.24, 2.45) is 5.92 Å². The minimum atomic E-state index is -0.739. The molecule has 4 nitrogen and oxygen atoms in total. The molecule has 0 amide bonds. The highest BCUT2D eigenvalue weighted by atomic mass is 16.5. The molecule has 4 heteroatoms. The van der Waals surface area contributed by atoms with Gasteiger partial charge in [-0.15, -0.1) is 0 Å². The Labute approximate surface area is 113 Å². The Hall–Kier alpha value is -1.84. The van der Waals surface area contributed by atoms with Crippen LogP contribution in [0.2, 0.25) is 0 Å². The van der Waals surface area contributed by atoms with E-state index >= 15 is 0 Å². The Morgan fingerprint density at radius 2 is 1.68 bits per heavy atom. The fraction of sp³-hybridized carbons (Fsp3) is 0.467. The number of Topliss-reactive ketones (excluding diaryl/α,β-unsaturated/α-hetero) is 1. The topological polar surface area (TPSA) is 52.6 Å². The van der Waals surface area contributed by atoms with E-state index in [4.69, 9.17) is 4.74 Å². The van der Waals surface area contributed by atoms with Crippen molar-refractivity contribution < 1.29 is 19.1 Å². The number of esters is 1. The minimum Gasteiger partial charge on any atom is -0.496 e. The monoisotopic (exact) mass is 264 g/mol. The van der Waals surface area contributed by atoms with E-state index in [0.29, 0.717) is 12.0 Å². The number of ketones is 1. The van der Waals surface area contributed by atoms with Gasteiger partial charge >= 0.3 is 5.97 Å². The summed E-state index contributed by atoms with van der Waals surface area (Å²) in [5.74, 6) is -0.665. The number of benzene rings is 1. The van der Waals surface area contributed by atoms with Gasteiger partial charge in [0, 0.05) is 5.56 Å². The Balaban J connectivity index is 3.16. The minimum absolute atomic E-state index is 0.205. The van der Waals surface area contributed by atoms with Gasteiger partial charge in [0.05, 0.1) is 14.2 Å². The number of ether oxygens (including phenoxy) is 2. The molecule has 0 aliphatic rings. The highest BCUT2D eigenvalue weighted by molar-refractivity contribution is 6.08. The molecule has 0 heterocycles. The lowest BCUT2D eigenvalue weighted by Gasteiger charge is -2.14. The van der Waals surface area contributed by atoms with E-state index in [2.05, 4.69) is 4.74 Å². The van der Waals surface area contributed by atoms with Crippen LogP contribution in [0.5, 0.6) is 5.75 Å². The van der Waals surface area contributed by atoms with Crippen molar-refractivity contribution in [3.8, 4) is 5.75 Å². The number of rotatable bonds is 5. The van der Waals surface area contributed by atoms with Crippen molar-refractivity contribution in [1.82, 2.24) is 0 Å². The average Bonchev–Trinajstić information content (AvgIpc) is 2.38. The first-order valence-corrected chi connectivity index (χ1v) is 6.23. The van der Waals surface area contributed by atoms with Crippen LogP contribution >= 0.6 is 0 Å². The normalized spacial score (nSPS) is 11.8. The molecule has 1 aromatic carbocycles. The Bertz CT molecular complexity index is 468. The second-order valence-electron chi connectivity index (χ2n) is 4.49. The summed E-state index contributed by atoms with van der Waals surface area (Å²) < 4.78 is 9.93. The molecule has 0 bridgehead atoms. The molecule has 0 saturated heterocycles. The first-order chi connectivity index (χ1) is 8.96. The number of carbonyl (C=O) groups is 2. The smallest absolute Gasteiger partial charge is 0.316 e. The van der Waals surface area contributed by atoms with Crippen LogP contribution in [0, 0.1) is 19.8 Å². The van der Waals surface area contributed by atoms with Crippen LogP contribution < -0.4 is 4.74 Å². The van der Waals surface area contributed by atoms with E-state index in [9.17, 15) is 9.59 Å². The van der Waals surface area contributed by atoms with Crippen molar-refractivity contribution in [1.29, 1.82) is 0 Å². The molecular formula is C15H20O4. The van der Waals surface area contributed by atoms with Gasteiger partial charge in [0.25, 0.3) is 0 Å². The van der Waals surface area contributed by atoms with Crippen LogP contribution in [-0.4, -0.2) is 26.0 Å². The summed E-state index contributed by atoms with van der Waals surface area (Å²) in [6, 6.07) is 3.50. The van der Waals surface area contributed by atoms with Crippen molar-refractivity contribution in [2.75, 3.05) is 14.2 Å². The molecular weight excluding hydrogens is 244 g/mol. The van der Waals surface area contributed by atoms with Crippen LogP contribution in [0.4, 0.5) is 0 Å². The van der Waals surface area contributed by atoms with Crippen LogP contribution in [0.25, 0.3) is 0 Å². The maximum atomic E-state index is 12.3. The maximum absolute atomic E-state index is 12.3. The zero-order valence-corrected chi connectivity index (χ0v) is 12.1. The summed E-state index contributed by atoms with van der Waals surface area (Å²) in [6.45, 7) is 5.55. The predicted octanol–water partition coefficient (Wildman–Crippen LogP) is 2.69. The van der Waals surface area contributed by atoms with Gasteiger partial charge in [-0.3, -0.25) is 9.59 Å². The Kier molecular flexibility index (Phi) is 5.10. The van der Waals surface area contributed by atoms with Crippen LogP contribution in [0.1, 0.15) is 34.8 Å². The summed E-state index contributed by atoms with van der Waals surface area (Å²) in [6.07, 6.45) is 0.426. The summed E-state index contributed by atoms with van der Waals surface area (Å²) in [7, 11) is 2.89. The molecule has 0 fully saturated rings. The molecule has 1 atom stereocenters. The van der Waals surface area contributed by atoms with Crippen molar-refractivity contribution in [3.05, 3.63) is 28.8 Å². The van der Waals surface area contributed by atoms with E-state index in [-0.39, 0.29) is 5.78 Å². The fourth-order valence-corrected chi connectivity index (χ4v) is 2.22. The molecule has 0 N–H and O–H groups in total. The highest BCUT2D eigenvalue weighted by Gasteiger charge is 2.27. The lowest BCUT2D eigenvalue weighted by Crippen LogP contribution is -2.25. The third-order valence-electron chi connectivity index (χ3n) is 3.16. The van der Waals surface area contributed by atoms with Crippen molar-refractivity contribution in [2.45, 2.75) is 27.2 Å². The Morgan fingerprint density at radius 1 is 1.16 bits per heavy atom. The summed E-state index contributed by atoms with van der Waals surface area (Å²) in [5.41, 5.74) is 2.28. The first kappa shape index (κ1) is 15.2. The van der Waals surface area contributed by atoms with E-state index in [0.717, 1.165) is 16.9 Å². The molecule has 0 radical (unpaired) electrons. The molecule has 0 spiro atoms. The fourth-order valence-electron chi connectivity index (χ4n) is 2.22. The van der Waals surface area contributed by atoms with Gasteiger partial charge in [-0.05, 0) is 43.5 Å². The largest absolute Gasteiger partial charge is 0.496 e. The maximum Gasteiger partial charge on any atom is 0.316 e. The van der Waals surface area contributed by atoms with Gasteiger partial charge in [0.2, 0.25) is 0 Å². The standard InChI is InChI=1S/C15H20O4/c1-6-12(15(17)19-5)13(16)11-7-9(2)14(18-4)10(3)8-11/h7-8,12H,6H2,1-5H3. The van der Waals surface area contributed by atoms with E-state index in [1.165, 1.54) is 7.11 Å². The predicted molar refractivity (Wildman–Crippen MR) is 72.6 cm³/mol. The molecule has 0 aliphatic carbocycles. The van der Waals surface area contributed by atoms with Gasteiger partial charge in [-0.2, -0.15) is 0 Å². The second kappa shape index (κ2) is 6.36. The number of carbonyl (C=O) groups excluding carboxylic acids is 2. The van der Waals surface area contributed by atoms with E-state index in [1.807, 2.05) is 13.8 Å².